The maximum Gasteiger partial charge on any atom is 0.337 e. The Labute approximate surface area is 189 Å². The van der Waals surface area contributed by atoms with Gasteiger partial charge in [-0.2, -0.15) is 0 Å². The highest BCUT2D eigenvalue weighted by molar-refractivity contribution is 6.38. The standard InChI is InChI=1S/C25H22ClN3O3/c1-3-28-19-7-5-4-6-16(19)18-14-15(8-10-20(18)28)24-27-23-21(29(24)12-13-32-2)11-9-17(22(23)26)25(30)31/h4-11,14H,3,12-13H2,1-2H3,(H,30,31). The first-order valence-electron chi connectivity index (χ1n) is 10.5. The molecule has 0 saturated heterocycles. The zero-order valence-corrected chi connectivity index (χ0v) is 18.6. The Morgan fingerprint density at radius 2 is 1.78 bits per heavy atom. The van der Waals surface area contributed by atoms with Crippen LogP contribution in [0.25, 0.3) is 44.2 Å². The Morgan fingerprint density at radius 1 is 1.03 bits per heavy atom. The first kappa shape index (κ1) is 20.5. The number of carbonyl (C=O) groups is 1. The smallest absolute Gasteiger partial charge is 0.337 e. The van der Waals surface area contributed by atoms with Crippen molar-refractivity contribution >= 4 is 50.4 Å². The molecule has 3 aromatic carbocycles. The Bertz CT molecular complexity index is 1500. The number of aromatic carboxylic acids is 1. The number of aryl methyl sites for hydroxylation is 1. The zero-order chi connectivity index (χ0) is 22.4. The van der Waals surface area contributed by atoms with Crippen LogP contribution in [-0.4, -0.2) is 38.9 Å². The second-order valence-electron chi connectivity index (χ2n) is 7.67. The van der Waals surface area contributed by atoms with Gasteiger partial charge in [-0.1, -0.05) is 29.8 Å². The van der Waals surface area contributed by atoms with E-state index in [1.54, 1.807) is 13.2 Å². The van der Waals surface area contributed by atoms with Crippen molar-refractivity contribution in [3.05, 3.63) is 65.2 Å². The minimum atomic E-state index is -1.07. The quantitative estimate of drug-likeness (QED) is 0.355. The van der Waals surface area contributed by atoms with E-state index in [1.165, 1.54) is 22.5 Å². The molecule has 0 fully saturated rings. The molecule has 6 nitrogen and oxygen atoms in total. The molecule has 162 valence electrons. The van der Waals surface area contributed by atoms with Gasteiger partial charge in [-0.3, -0.25) is 0 Å². The molecular weight excluding hydrogens is 426 g/mol. The van der Waals surface area contributed by atoms with Crippen molar-refractivity contribution in [3.63, 3.8) is 0 Å². The minimum Gasteiger partial charge on any atom is -0.478 e. The zero-order valence-electron chi connectivity index (χ0n) is 17.8. The average Bonchev–Trinajstić information content (AvgIpc) is 3.33. The van der Waals surface area contributed by atoms with E-state index in [1.807, 2.05) is 4.57 Å². The van der Waals surface area contributed by atoms with E-state index in [9.17, 15) is 9.90 Å². The van der Waals surface area contributed by atoms with Crippen LogP contribution >= 0.6 is 11.6 Å². The lowest BCUT2D eigenvalue weighted by molar-refractivity contribution is 0.0697. The molecule has 0 atom stereocenters. The molecule has 2 heterocycles. The van der Waals surface area contributed by atoms with Gasteiger partial charge in [-0.25, -0.2) is 9.78 Å². The lowest BCUT2D eigenvalue weighted by atomic mass is 10.1. The van der Waals surface area contributed by atoms with Crippen LogP contribution in [-0.2, 0) is 17.8 Å². The van der Waals surface area contributed by atoms with Crippen molar-refractivity contribution in [2.75, 3.05) is 13.7 Å². The first-order valence-corrected chi connectivity index (χ1v) is 10.8. The highest BCUT2D eigenvalue weighted by atomic mass is 35.5. The maximum absolute atomic E-state index is 11.6. The maximum atomic E-state index is 11.6. The molecule has 2 aromatic heterocycles. The van der Waals surface area contributed by atoms with E-state index in [2.05, 4.69) is 54.0 Å². The third-order valence-electron chi connectivity index (χ3n) is 5.96. The molecule has 1 N–H and O–H groups in total. The monoisotopic (exact) mass is 447 g/mol. The number of imidazole rings is 1. The van der Waals surface area contributed by atoms with E-state index in [4.69, 9.17) is 21.3 Å². The van der Waals surface area contributed by atoms with E-state index >= 15 is 0 Å². The van der Waals surface area contributed by atoms with Gasteiger partial charge < -0.3 is 19.0 Å². The van der Waals surface area contributed by atoms with Crippen LogP contribution in [0.15, 0.2) is 54.6 Å². The van der Waals surface area contributed by atoms with Gasteiger partial charge in [0.05, 0.1) is 22.7 Å². The summed E-state index contributed by atoms with van der Waals surface area (Å²) in [6, 6.07) is 18.0. The molecule has 5 aromatic rings. The van der Waals surface area contributed by atoms with Crippen molar-refractivity contribution in [3.8, 4) is 11.4 Å². The topological polar surface area (TPSA) is 69.3 Å². The van der Waals surface area contributed by atoms with Crippen LogP contribution < -0.4 is 0 Å². The normalized spacial score (nSPS) is 11.7. The summed E-state index contributed by atoms with van der Waals surface area (Å²) in [7, 11) is 1.65. The number of aromatic nitrogens is 3. The number of hydrogen-bond donors (Lipinski definition) is 1. The first-order chi connectivity index (χ1) is 15.5. The van der Waals surface area contributed by atoms with Crippen LogP contribution in [0.5, 0.6) is 0 Å². The summed E-state index contributed by atoms with van der Waals surface area (Å²) in [5, 5.41) is 12.0. The van der Waals surface area contributed by atoms with Gasteiger partial charge in [0, 0.05) is 47.6 Å². The summed E-state index contributed by atoms with van der Waals surface area (Å²) in [4.78, 5) is 16.4. The SMILES string of the molecule is CCn1c2ccccc2c2cc(-c3nc4c(Cl)c(C(=O)O)ccc4n3CCOC)ccc21. The number of para-hydroxylation sites is 1. The van der Waals surface area contributed by atoms with Crippen LogP contribution in [0.3, 0.4) is 0 Å². The molecule has 0 saturated carbocycles. The van der Waals surface area contributed by atoms with Gasteiger partial charge in [0.25, 0.3) is 0 Å². The van der Waals surface area contributed by atoms with Crippen molar-refractivity contribution in [1.29, 1.82) is 0 Å². The van der Waals surface area contributed by atoms with E-state index in [0.717, 1.165) is 28.8 Å². The molecule has 0 radical (unpaired) electrons. The van der Waals surface area contributed by atoms with Gasteiger partial charge in [0.1, 0.15) is 11.3 Å². The van der Waals surface area contributed by atoms with Crippen LogP contribution in [0.2, 0.25) is 5.02 Å². The highest BCUT2D eigenvalue weighted by Gasteiger charge is 2.20. The highest BCUT2D eigenvalue weighted by Crippen LogP contribution is 2.35. The van der Waals surface area contributed by atoms with Crippen LogP contribution in [0, 0.1) is 0 Å². The number of fused-ring (bicyclic) bond motifs is 4. The molecule has 0 aliphatic heterocycles. The van der Waals surface area contributed by atoms with Gasteiger partial charge >= 0.3 is 5.97 Å². The second-order valence-corrected chi connectivity index (χ2v) is 8.05. The Kier molecular flexibility index (Phi) is 5.12. The fraction of sp³-hybridized carbons (Fsp3) is 0.200. The summed E-state index contributed by atoms with van der Waals surface area (Å²) >= 11 is 6.45. The lowest BCUT2D eigenvalue weighted by Crippen LogP contribution is -2.06. The van der Waals surface area contributed by atoms with Gasteiger partial charge in [0.2, 0.25) is 0 Å². The number of rotatable bonds is 6. The molecule has 0 unspecified atom stereocenters. The Morgan fingerprint density at radius 3 is 2.53 bits per heavy atom. The van der Waals surface area contributed by atoms with Crippen molar-refractivity contribution in [2.24, 2.45) is 0 Å². The molecule has 0 aliphatic carbocycles. The predicted octanol–water partition coefficient (Wildman–Crippen LogP) is 5.83. The number of carboxylic acids is 1. The molecular formula is C25H22ClN3O3. The largest absolute Gasteiger partial charge is 0.478 e. The number of methoxy groups -OCH3 is 1. The van der Waals surface area contributed by atoms with E-state index < -0.39 is 5.97 Å². The number of hydrogen-bond acceptors (Lipinski definition) is 3. The molecule has 5 rings (SSSR count). The third-order valence-corrected chi connectivity index (χ3v) is 6.34. The molecule has 32 heavy (non-hydrogen) atoms. The van der Waals surface area contributed by atoms with Gasteiger partial charge in [-0.05, 0) is 43.3 Å². The van der Waals surface area contributed by atoms with E-state index in [-0.39, 0.29) is 10.6 Å². The third kappa shape index (κ3) is 3.06. The molecule has 0 bridgehead atoms. The Hall–Kier alpha value is -3.35. The predicted molar refractivity (Wildman–Crippen MR) is 128 cm³/mol. The van der Waals surface area contributed by atoms with Crippen molar-refractivity contribution < 1.29 is 14.6 Å². The number of halogens is 1. The van der Waals surface area contributed by atoms with Gasteiger partial charge in [0.15, 0.2) is 0 Å². The van der Waals surface area contributed by atoms with Crippen molar-refractivity contribution in [2.45, 2.75) is 20.0 Å². The molecule has 7 heteroatoms. The second kappa shape index (κ2) is 7.97. The minimum absolute atomic E-state index is 0.0450. The fourth-order valence-electron chi connectivity index (χ4n) is 4.49. The fourth-order valence-corrected chi connectivity index (χ4v) is 4.77. The molecule has 0 amide bonds. The van der Waals surface area contributed by atoms with E-state index in [0.29, 0.717) is 18.7 Å². The number of carboxylic acid groups (broad SMARTS) is 1. The van der Waals surface area contributed by atoms with Crippen LogP contribution in [0.1, 0.15) is 17.3 Å². The lowest BCUT2D eigenvalue weighted by Gasteiger charge is -2.10. The summed E-state index contributed by atoms with van der Waals surface area (Å²) in [6.45, 7) is 4.09. The summed E-state index contributed by atoms with van der Waals surface area (Å²) < 4.78 is 9.66. The Balaban J connectivity index is 1.78. The summed E-state index contributed by atoms with van der Waals surface area (Å²) in [5.74, 6) is -0.338. The molecule has 0 spiro atoms. The molecule has 0 aliphatic rings. The van der Waals surface area contributed by atoms with Gasteiger partial charge in [-0.15, -0.1) is 0 Å². The number of nitrogens with zero attached hydrogens (tertiary/aromatic N) is 3. The number of benzene rings is 3. The summed E-state index contributed by atoms with van der Waals surface area (Å²) in [6.07, 6.45) is 0. The van der Waals surface area contributed by atoms with Crippen LogP contribution in [0.4, 0.5) is 0 Å². The number of ether oxygens (including phenoxy) is 1. The summed E-state index contributed by atoms with van der Waals surface area (Å²) in [5.41, 5.74) is 4.62. The van der Waals surface area contributed by atoms with Crippen molar-refractivity contribution in [1.82, 2.24) is 14.1 Å². The average molecular weight is 448 g/mol.